The van der Waals surface area contributed by atoms with Gasteiger partial charge in [0.15, 0.2) is 0 Å². The van der Waals surface area contributed by atoms with Gasteiger partial charge in [0.2, 0.25) is 5.91 Å². The van der Waals surface area contributed by atoms with Crippen LogP contribution in [0.25, 0.3) is 0 Å². The fourth-order valence-electron chi connectivity index (χ4n) is 1.49. The van der Waals surface area contributed by atoms with Crippen molar-refractivity contribution in [1.29, 1.82) is 0 Å². The second-order valence-corrected chi connectivity index (χ2v) is 5.67. The van der Waals surface area contributed by atoms with E-state index < -0.39 is 0 Å². The largest absolute Gasteiger partial charge is 0.383 e. The van der Waals surface area contributed by atoms with E-state index >= 15 is 0 Å². The fourth-order valence-corrected chi connectivity index (χ4v) is 2.68. The summed E-state index contributed by atoms with van der Waals surface area (Å²) in [7, 11) is 1.67. The second kappa shape index (κ2) is 11.0. The van der Waals surface area contributed by atoms with Crippen molar-refractivity contribution in [3.63, 3.8) is 0 Å². The molecule has 0 aliphatic rings. The maximum Gasteiger partial charge on any atom is 0.220 e. The number of hydrogen-bond acceptors (Lipinski definition) is 4. The molecule has 0 aliphatic carbocycles. The first kappa shape index (κ1) is 17.3. The minimum atomic E-state index is 0.0677. The first-order chi connectivity index (χ1) is 9.74. The van der Waals surface area contributed by atoms with Gasteiger partial charge in [-0.05, 0) is 12.1 Å². The van der Waals surface area contributed by atoms with Gasteiger partial charge in [0.25, 0.3) is 0 Å². The lowest BCUT2D eigenvalue weighted by Gasteiger charge is -2.07. The van der Waals surface area contributed by atoms with Crippen LogP contribution in [0.4, 0.5) is 0 Å². The van der Waals surface area contributed by atoms with Crippen LogP contribution in [-0.2, 0) is 9.53 Å². The number of nitrogens with one attached hydrogen (secondary N) is 2. The molecule has 0 atom stereocenters. The SMILES string of the molecule is COCCNCCNC(=O)CCSc1ccccc1Cl. The smallest absolute Gasteiger partial charge is 0.220 e. The summed E-state index contributed by atoms with van der Waals surface area (Å²) in [6.07, 6.45) is 0.494. The Bertz CT molecular complexity index is 405. The van der Waals surface area contributed by atoms with Gasteiger partial charge in [-0.2, -0.15) is 0 Å². The zero-order valence-electron chi connectivity index (χ0n) is 11.7. The Morgan fingerprint density at radius 2 is 2.10 bits per heavy atom. The number of rotatable bonds is 10. The quantitative estimate of drug-likeness (QED) is 0.513. The summed E-state index contributed by atoms with van der Waals surface area (Å²) in [5, 5.41) is 6.78. The molecule has 2 N–H and O–H groups in total. The predicted octanol–water partition coefficient (Wildman–Crippen LogP) is 2.17. The van der Waals surface area contributed by atoms with Crippen molar-refractivity contribution in [3.8, 4) is 0 Å². The molecule has 20 heavy (non-hydrogen) atoms. The van der Waals surface area contributed by atoms with Gasteiger partial charge in [-0.25, -0.2) is 0 Å². The van der Waals surface area contributed by atoms with Crippen LogP contribution in [0.15, 0.2) is 29.2 Å². The number of carbonyl (C=O) groups excluding carboxylic acids is 1. The maximum absolute atomic E-state index is 11.6. The molecule has 112 valence electrons. The topological polar surface area (TPSA) is 50.4 Å². The predicted molar refractivity (Wildman–Crippen MR) is 84.5 cm³/mol. The Labute approximate surface area is 129 Å². The second-order valence-electron chi connectivity index (χ2n) is 4.12. The summed E-state index contributed by atoms with van der Waals surface area (Å²) in [5.41, 5.74) is 0. The van der Waals surface area contributed by atoms with Crippen LogP contribution in [0.2, 0.25) is 5.02 Å². The summed E-state index contributed by atoms with van der Waals surface area (Å²) < 4.78 is 4.91. The lowest BCUT2D eigenvalue weighted by molar-refractivity contribution is -0.120. The average molecular weight is 317 g/mol. The zero-order valence-corrected chi connectivity index (χ0v) is 13.2. The van der Waals surface area contributed by atoms with Crippen LogP contribution in [-0.4, -0.2) is 45.0 Å². The van der Waals surface area contributed by atoms with Gasteiger partial charge in [-0.15, -0.1) is 11.8 Å². The third-order valence-electron chi connectivity index (χ3n) is 2.53. The number of ether oxygens (including phenoxy) is 1. The lowest BCUT2D eigenvalue weighted by atomic mass is 10.4. The molecule has 0 unspecified atom stereocenters. The van der Waals surface area contributed by atoms with Crippen LogP contribution >= 0.6 is 23.4 Å². The highest BCUT2D eigenvalue weighted by Crippen LogP contribution is 2.26. The Kier molecular flexibility index (Phi) is 9.49. The number of carbonyl (C=O) groups is 1. The first-order valence-corrected chi connectivity index (χ1v) is 7.94. The maximum atomic E-state index is 11.6. The first-order valence-electron chi connectivity index (χ1n) is 6.57. The van der Waals surface area contributed by atoms with Crippen molar-refractivity contribution >= 4 is 29.3 Å². The van der Waals surface area contributed by atoms with Crippen LogP contribution in [0.1, 0.15) is 6.42 Å². The molecule has 0 aliphatic heterocycles. The van der Waals surface area contributed by atoms with Gasteiger partial charge in [0, 0.05) is 43.8 Å². The molecular formula is C14H21ClN2O2S. The van der Waals surface area contributed by atoms with Crippen molar-refractivity contribution in [2.75, 3.05) is 39.1 Å². The van der Waals surface area contributed by atoms with Gasteiger partial charge in [0.1, 0.15) is 0 Å². The summed E-state index contributed by atoms with van der Waals surface area (Å²) in [5.74, 6) is 0.797. The summed E-state index contributed by atoms with van der Waals surface area (Å²) in [6.45, 7) is 2.88. The standard InChI is InChI=1S/C14H21ClN2O2S/c1-19-10-9-16-7-8-17-14(18)6-11-20-13-5-3-2-4-12(13)15/h2-5,16H,6-11H2,1H3,(H,17,18). The van der Waals surface area contributed by atoms with E-state index in [1.165, 1.54) is 0 Å². The number of benzene rings is 1. The van der Waals surface area contributed by atoms with E-state index in [2.05, 4.69) is 10.6 Å². The van der Waals surface area contributed by atoms with Crippen LogP contribution < -0.4 is 10.6 Å². The van der Waals surface area contributed by atoms with Crippen LogP contribution in [0.3, 0.4) is 0 Å². The Hall–Kier alpha value is -0.750. The minimum Gasteiger partial charge on any atom is -0.383 e. The molecule has 0 saturated carbocycles. The van der Waals surface area contributed by atoms with E-state index in [1.54, 1.807) is 18.9 Å². The van der Waals surface area contributed by atoms with Crippen LogP contribution in [0, 0.1) is 0 Å². The van der Waals surface area contributed by atoms with E-state index in [0.29, 0.717) is 19.6 Å². The Morgan fingerprint density at radius 3 is 2.85 bits per heavy atom. The molecule has 0 heterocycles. The fraction of sp³-hybridized carbons (Fsp3) is 0.500. The minimum absolute atomic E-state index is 0.0677. The molecule has 1 rings (SSSR count). The third kappa shape index (κ3) is 7.75. The molecule has 0 bridgehead atoms. The van der Waals surface area contributed by atoms with Gasteiger partial charge in [-0.1, -0.05) is 23.7 Å². The zero-order chi connectivity index (χ0) is 14.6. The Morgan fingerprint density at radius 1 is 1.30 bits per heavy atom. The number of halogens is 1. The van der Waals surface area contributed by atoms with Gasteiger partial charge in [-0.3, -0.25) is 4.79 Å². The van der Waals surface area contributed by atoms with E-state index in [-0.39, 0.29) is 5.91 Å². The number of thioether (sulfide) groups is 1. The van der Waals surface area contributed by atoms with E-state index in [4.69, 9.17) is 16.3 Å². The Balaban J connectivity index is 2.04. The van der Waals surface area contributed by atoms with Crippen molar-refractivity contribution in [3.05, 3.63) is 29.3 Å². The molecule has 0 fully saturated rings. The van der Waals surface area contributed by atoms with Gasteiger partial charge < -0.3 is 15.4 Å². The van der Waals surface area contributed by atoms with Crippen molar-refractivity contribution in [2.24, 2.45) is 0 Å². The van der Waals surface area contributed by atoms with Gasteiger partial charge >= 0.3 is 0 Å². The molecule has 0 radical (unpaired) electrons. The van der Waals surface area contributed by atoms with Crippen molar-refractivity contribution in [2.45, 2.75) is 11.3 Å². The lowest BCUT2D eigenvalue weighted by Crippen LogP contribution is -2.33. The van der Waals surface area contributed by atoms with Crippen LogP contribution in [0.5, 0.6) is 0 Å². The molecule has 1 aromatic rings. The third-order valence-corrected chi connectivity index (χ3v) is 4.05. The number of amides is 1. The molecule has 1 aromatic carbocycles. The highest BCUT2D eigenvalue weighted by Gasteiger charge is 2.03. The van der Waals surface area contributed by atoms with Crippen molar-refractivity contribution < 1.29 is 9.53 Å². The monoisotopic (exact) mass is 316 g/mol. The van der Waals surface area contributed by atoms with E-state index in [1.807, 2.05) is 24.3 Å². The highest BCUT2D eigenvalue weighted by molar-refractivity contribution is 7.99. The van der Waals surface area contributed by atoms with Crippen molar-refractivity contribution in [1.82, 2.24) is 10.6 Å². The average Bonchev–Trinajstić information content (AvgIpc) is 2.45. The summed E-state index contributed by atoms with van der Waals surface area (Å²) >= 11 is 7.64. The normalized spacial score (nSPS) is 10.5. The summed E-state index contributed by atoms with van der Waals surface area (Å²) in [4.78, 5) is 12.6. The van der Waals surface area contributed by atoms with E-state index in [9.17, 15) is 4.79 Å². The molecule has 4 nitrogen and oxygen atoms in total. The molecule has 0 spiro atoms. The molecule has 1 amide bonds. The molecular weight excluding hydrogens is 296 g/mol. The molecule has 0 saturated heterocycles. The number of hydrogen-bond donors (Lipinski definition) is 2. The molecule has 6 heteroatoms. The van der Waals surface area contributed by atoms with Gasteiger partial charge in [0.05, 0.1) is 11.6 Å². The van der Waals surface area contributed by atoms with E-state index in [0.717, 1.165) is 28.8 Å². The molecule has 0 aromatic heterocycles. The highest BCUT2D eigenvalue weighted by atomic mass is 35.5. The number of methoxy groups -OCH3 is 1. The summed E-state index contributed by atoms with van der Waals surface area (Å²) in [6, 6.07) is 7.66.